The third-order valence-electron chi connectivity index (χ3n) is 2.03. The van der Waals surface area contributed by atoms with Crippen molar-refractivity contribution < 1.29 is 14.3 Å². The number of unbranched alkanes of at least 4 members (excludes halogenated alkanes) is 5. The molecule has 0 saturated heterocycles. The minimum atomic E-state index is -0.449. The Kier molecular flexibility index (Phi) is 10.3. The van der Waals surface area contributed by atoms with Crippen molar-refractivity contribution in [1.82, 2.24) is 0 Å². The summed E-state index contributed by atoms with van der Waals surface area (Å²) in [5, 5.41) is 0. The molecule has 0 saturated carbocycles. The van der Waals surface area contributed by atoms with Crippen molar-refractivity contribution in [3.63, 3.8) is 0 Å². The Morgan fingerprint density at radius 3 is 2.40 bits per heavy atom. The lowest BCUT2D eigenvalue weighted by atomic mass is 10.1. The molecular weight excluding hydrogens is 192 g/mol. The molecule has 0 aromatic heterocycles. The second kappa shape index (κ2) is 11.1. The normalized spacial score (nSPS) is 9.20. The van der Waals surface area contributed by atoms with E-state index in [2.05, 4.69) is 16.6 Å². The zero-order valence-corrected chi connectivity index (χ0v) is 9.67. The molecule has 0 bridgehead atoms. The molecule has 0 aliphatic carbocycles. The van der Waals surface area contributed by atoms with E-state index in [1.165, 1.54) is 26.4 Å². The van der Waals surface area contributed by atoms with Crippen LogP contribution in [-0.2, 0) is 14.3 Å². The van der Waals surface area contributed by atoms with Gasteiger partial charge in [0.25, 0.3) is 0 Å². The van der Waals surface area contributed by atoms with Gasteiger partial charge in [0.2, 0.25) is 0 Å². The summed E-state index contributed by atoms with van der Waals surface area (Å²) in [6.07, 6.45) is 6.54. The molecular formula is C12H20O3. The van der Waals surface area contributed by atoms with Crippen LogP contribution in [0, 0.1) is 11.8 Å². The third-order valence-corrected chi connectivity index (χ3v) is 2.03. The maximum absolute atomic E-state index is 10.6. The molecule has 0 aromatic rings. The average molecular weight is 212 g/mol. The predicted molar refractivity (Wildman–Crippen MR) is 59.4 cm³/mol. The summed E-state index contributed by atoms with van der Waals surface area (Å²) in [4.78, 5) is 10.6. The number of carbonyl (C=O) groups excluding carboxylic acids is 1. The molecule has 0 spiro atoms. The van der Waals surface area contributed by atoms with E-state index >= 15 is 0 Å². The Morgan fingerprint density at radius 2 is 1.73 bits per heavy atom. The lowest BCUT2D eigenvalue weighted by Crippen LogP contribution is -1.94. The number of rotatable bonds is 7. The first-order valence-corrected chi connectivity index (χ1v) is 5.37. The average Bonchev–Trinajstić information content (AvgIpc) is 2.26. The van der Waals surface area contributed by atoms with Gasteiger partial charge in [-0.25, -0.2) is 4.79 Å². The summed E-state index contributed by atoms with van der Waals surface area (Å²) < 4.78 is 9.35. The maximum atomic E-state index is 10.6. The van der Waals surface area contributed by atoms with Gasteiger partial charge in [-0.05, 0) is 12.8 Å². The minimum Gasteiger partial charge on any atom is -0.459 e. The van der Waals surface area contributed by atoms with Crippen LogP contribution in [-0.4, -0.2) is 26.8 Å². The Hall–Kier alpha value is -1.01. The summed E-state index contributed by atoms with van der Waals surface area (Å²) >= 11 is 0. The minimum absolute atomic E-state index is 0.449. The van der Waals surface area contributed by atoms with E-state index in [0.29, 0.717) is 0 Å². The smallest absolute Gasteiger partial charge is 0.384 e. The molecule has 0 aliphatic rings. The van der Waals surface area contributed by atoms with Crippen LogP contribution in [0.15, 0.2) is 0 Å². The SMILES string of the molecule is COCCCCCCCC#CC(=O)OC. The fourth-order valence-electron chi connectivity index (χ4n) is 1.18. The highest BCUT2D eigenvalue weighted by Gasteiger charge is 1.90. The van der Waals surface area contributed by atoms with Crippen molar-refractivity contribution in [3.8, 4) is 11.8 Å². The second-order valence-electron chi connectivity index (χ2n) is 3.30. The van der Waals surface area contributed by atoms with Gasteiger partial charge >= 0.3 is 5.97 Å². The van der Waals surface area contributed by atoms with Gasteiger partial charge in [-0.15, -0.1) is 0 Å². The van der Waals surface area contributed by atoms with Gasteiger partial charge in [-0.1, -0.05) is 25.2 Å². The largest absolute Gasteiger partial charge is 0.459 e. The van der Waals surface area contributed by atoms with Crippen LogP contribution >= 0.6 is 0 Å². The maximum Gasteiger partial charge on any atom is 0.384 e. The Morgan fingerprint density at radius 1 is 1.07 bits per heavy atom. The van der Waals surface area contributed by atoms with Crippen molar-refractivity contribution in [1.29, 1.82) is 0 Å². The van der Waals surface area contributed by atoms with E-state index in [1.54, 1.807) is 7.11 Å². The second-order valence-corrected chi connectivity index (χ2v) is 3.30. The zero-order chi connectivity index (χ0) is 11.4. The topological polar surface area (TPSA) is 35.5 Å². The molecule has 0 unspecified atom stereocenters. The van der Waals surface area contributed by atoms with E-state index in [9.17, 15) is 4.79 Å². The van der Waals surface area contributed by atoms with Crippen LogP contribution in [0.5, 0.6) is 0 Å². The fourth-order valence-corrected chi connectivity index (χ4v) is 1.18. The molecule has 86 valence electrons. The molecule has 0 rings (SSSR count). The van der Waals surface area contributed by atoms with Crippen molar-refractivity contribution in [2.75, 3.05) is 20.8 Å². The van der Waals surface area contributed by atoms with Crippen molar-refractivity contribution in [3.05, 3.63) is 0 Å². The van der Waals surface area contributed by atoms with Crippen molar-refractivity contribution in [2.45, 2.75) is 38.5 Å². The van der Waals surface area contributed by atoms with E-state index in [1.807, 2.05) is 0 Å². The molecule has 0 atom stereocenters. The number of esters is 1. The molecule has 0 fully saturated rings. The van der Waals surface area contributed by atoms with E-state index in [4.69, 9.17) is 4.74 Å². The number of hydrogen-bond donors (Lipinski definition) is 0. The van der Waals surface area contributed by atoms with E-state index < -0.39 is 5.97 Å². The zero-order valence-electron chi connectivity index (χ0n) is 9.67. The molecule has 0 aliphatic heterocycles. The van der Waals surface area contributed by atoms with Gasteiger partial charge in [0, 0.05) is 26.1 Å². The number of hydrogen-bond acceptors (Lipinski definition) is 3. The van der Waals surface area contributed by atoms with Crippen LogP contribution < -0.4 is 0 Å². The molecule has 0 radical (unpaired) electrons. The summed E-state index contributed by atoms with van der Waals surface area (Å²) in [6.45, 7) is 0.849. The first-order valence-electron chi connectivity index (χ1n) is 5.37. The summed E-state index contributed by atoms with van der Waals surface area (Å²) in [5.41, 5.74) is 0. The first-order chi connectivity index (χ1) is 7.31. The molecule has 3 nitrogen and oxygen atoms in total. The number of ether oxygens (including phenoxy) is 2. The third kappa shape index (κ3) is 10.9. The van der Waals surface area contributed by atoms with Gasteiger partial charge in [0.1, 0.15) is 0 Å². The fraction of sp³-hybridized carbons (Fsp3) is 0.750. The first kappa shape index (κ1) is 14.0. The quantitative estimate of drug-likeness (QED) is 0.281. The van der Waals surface area contributed by atoms with Crippen LogP contribution in [0.3, 0.4) is 0 Å². The van der Waals surface area contributed by atoms with E-state index in [-0.39, 0.29) is 0 Å². The summed E-state index contributed by atoms with van der Waals surface area (Å²) in [6, 6.07) is 0. The molecule has 0 amide bonds. The Balaban J connectivity index is 3.16. The highest BCUT2D eigenvalue weighted by molar-refractivity contribution is 5.88. The monoisotopic (exact) mass is 212 g/mol. The summed E-state index contributed by atoms with van der Waals surface area (Å²) in [5.74, 6) is 4.75. The van der Waals surface area contributed by atoms with Gasteiger partial charge < -0.3 is 9.47 Å². The number of methoxy groups -OCH3 is 2. The lowest BCUT2D eigenvalue weighted by molar-refractivity contribution is -0.133. The number of carbonyl (C=O) groups is 1. The predicted octanol–water partition coefficient (Wildman–Crippen LogP) is 2.15. The Bertz CT molecular complexity index is 213. The van der Waals surface area contributed by atoms with Crippen LogP contribution in [0.4, 0.5) is 0 Å². The Labute approximate surface area is 92.1 Å². The molecule has 15 heavy (non-hydrogen) atoms. The molecule has 0 aromatic carbocycles. The van der Waals surface area contributed by atoms with Gasteiger partial charge in [-0.2, -0.15) is 0 Å². The highest BCUT2D eigenvalue weighted by atomic mass is 16.5. The van der Waals surface area contributed by atoms with E-state index in [0.717, 1.165) is 25.9 Å². The molecule has 0 heterocycles. The van der Waals surface area contributed by atoms with Crippen LogP contribution in [0.25, 0.3) is 0 Å². The lowest BCUT2D eigenvalue weighted by Gasteiger charge is -1.98. The van der Waals surface area contributed by atoms with Gasteiger partial charge in [0.15, 0.2) is 0 Å². The summed E-state index contributed by atoms with van der Waals surface area (Å²) in [7, 11) is 3.06. The van der Waals surface area contributed by atoms with Gasteiger partial charge in [0.05, 0.1) is 7.11 Å². The standard InChI is InChI=1S/C12H20O3/c1-14-11-9-7-5-3-4-6-8-10-12(13)15-2/h3-7,9,11H2,1-2H3. The van der Waals surface area contributed by atoms with Crippen LogP contribution in [0.2, 0.25) is 0 Å². The van der Waals surface area contributed by atoms with Crippen molar-refractivity contribution >= 4 is 5.97 Å². The van der Waals surface area contributed by atoms with Crippen LogP contribution in [0.1, 0.15) is 38.5 Å². The van der Waals surface area contributed by atoms with Crippen molar-refractivity contribution in [2.24, 2.45) is 0 Å². The highest BCUT2D eigenvalue weighted by Crippen LogP contribution is 2.04. The van der Waals surface area contributed by atoms with Gasteiger partial charge in [-0.3, -0.25) is 0 Å². The molecule has 3 heteroatoms. The molecule has 0 N–H and O–H groups in total.